The number of nitrogens with zero attached hydrogens (tertiary/aromatic N) is 3. The number of hydrogen-bond donors (Lipinski definition) is 2. The number of rotatable bonds is 5. The predicted octanol–water partition coefficient (Wildman–Crippen LogP) is 3.16. The van der Waals surface area contributed by atoms with E-state index in [9.17, 15) is 5.11 Å². The first-order chi connectivity index (χ1) is 10.5. The molecule has 0 bridgehead atoms. The van der Waals surface area contributed by atoms with Crippen molar-refractivity contribution in [3.8, 4) is 0 Å². The lowest BCUT2D eigenvalue weighted by Crippen LogP contribution is -2.41. The third-order valence-corrected chi connectivity index (χ3v) is 4.89. The number of aliphatic hydroxyl groups is 1. The Hall–Kier alpha value is -0.410. The number of hydrogen-bond acceptors (Lipinski definition) is 4. The highest BCUT2D eigenvalue weighted by Crippen LogP contribution is 2.28. The van der Waals surface area contributed by atoms with Crippen molar-refractivity contribution in [3.05, 3.63) is 16.1 Å². The quantitative estimate of drug-likeness (QED) is 0.410. The molecule has 1 aromatic rings. The van der Waals surface area contributed by atoms with Crippen LogP contribution in [-0.4, -0.2) is 46.7 Å². The van der Waals surface area contributed by atoms with Gasteiger partial charge >= 0.3 is 0 Å². The fourth-order valence-electron chi connectivity index (χ4n) is 2.86. The summed E-state index contributed by atoms with van der Waals surface area (Å²) in [4.78, 5) is 11.2. The Morgan fingerprint density at radius 1 is 1.43 bits per heavy atom. The van der Waals surface area contributed by atoms with Gasteiger partial charge in [0.2, 0.25) is 0 Å². The van der Waals surface area contributed by atoms with Gasteiger partial charge in [-0.05, 0) is 26.7 Å². The van der Waals surface area contributed by atoms with Gasteiger partial charge in [0.1, 0.15) is 0 Å². The summed E-state index contributed by atoms with van der Waals surface area (Å²) < 4.78 is 0. The zero-order valence-corrected chi connectivity index (χ0v) is 17.5. The zero-order chi connectivity index (χ0) is 16.0. The fourth-order valence-corrected chi connectivity index (χ4v) is 3.46. The van der Waals surface area contributed by atoms with Crippen LogP contribution in [-0.2, 0) is 6.54 Å². The standard InChI is InChI=1S/C16H28N4OS.HI/c1-4-17-15(18-12-16(21)8-6-5-7-9-16)20(3)10-14-11-22-13(2)19-14;/h11,21H,4-10,12H2,1-3H3,(H,17,18);1H. The second kappa shape index (κ2) is 9.78. The Balaban J connectivity index is 0.00000264. The van der Waals surface area contributed by atoms with Gasteiger partial charge in [-0.2, -0.15) is 0 Å². The molecule has 0 radical (unpaired) electrons. The molecule has 0 saturated heterocycles. The van der Waals surface area contributed by atoms with E-state index in [1.807, 2.05) is 14.0 Å². The van der Waals surface area contributed by atoms with Gasteiger partial charge in [0.25, 0.3) is 0 Å². The van der Waals surface area contributed by atoms with E-state index in [-0.39, 0.29) is 24.0 Å². The van der Waals surface area contributed by atoms with Gasteiger partial charge in [0, 0.05) is 19.0 Å². The molecule has 0 aromatic carbocycles. The van der Waals surface area contributed by atoms with Gasteiger partial charge in [-0.1, -0.05) is 19.3 Å². The summed E-state index contributed by atoms with van der Waals surface area (Å²) in [5.41, 5.74) is 0.448. The van der Waals surface area contributed by atoms with E-state index in [0.29, 0.717) is 6.54 Å². The average Bonchev–Trinajstić information content (AvgIpc) is 2.89. The van der Waals surface area contributed by atoms with Crippen molar-refractivity contribution in [2.75, 3.05) is 20.1 Å². The fraction of sp³-hybridized carbons (Fsp3) is 0.750. The Bertz CT molecular complexity index is 500. The van der Waals surface area contributed by atoms with Crippen molar-refractivity contribution in [2.24, 2.45) is 4.99 Å². The molecular weight excluding hydrogens is 423 g/mol. The molecule has 0 unspecified atom stereocenters. The summed E-state index contributed by atoms with van der Waals surface area (Å²) in [6.07, 6.45) is 5.18. The third-order valence-electron chi connectivity index (χ3n) is 4.07. The first-order valence-electron chi connectivity index (χ1n) is 8.15. The molecule has 0 spiro atoms. The summed E-state index contributed by atoms with van der Waals surface area (Å²) >= 11 is 1.67. The van der Waals surface area contributed by atoms with Crippen LogP contribution in [0, 0.1) is 6.92 Å². The van der Waals surface area contributed by atoms with E-state index in [1.54, 1.807) is 11.3 Å². The number of aryl methyl sites for hydroxylation is 1. The smallest absolute Gasteiger partial charge is 0.194 e. The maximum atomic E-state index is 10.6. The van der Waals surface area contributed by atoms with Crippen molar-refractivity contribution in [1.29, 1.82) is 0 Å². The van der Waals surface area contributed by atoms with Crippen LogP contribution in [0.4, 0.5) is 0 Å². The molecule has 0 atom stereocenters. The monoisotopic (exact) mass is 452 g/mol. The molecule has 1 aliphatic carbocycles. The van der Waals surface area contributed by atoms with Crippen LogP contribution in [0.25, 0.3) is 0 Å². The Morgan fingerprint density at radius 3 is 2.70 bits per heavy atom. The highest BCUT2D eigenvalue weighted by atomic mass is 127. The summed E-state index contributed by atoms with van der Waals surface area (Å²) in [6.45, 7) is 6.11. The van der Waals surface area contributed by atoms with Crippen LogP contribution in [0.2, 0.25) is 0 Å². The maximum absolute atomic E-state index is 10.6. The maximum Gasteiger partial charge on any atom is 0.194 e. The lowest BCUT2D eigenvalue weighted by molar-refractivity contribution is 0.0130. The van der Waals surface area contributed by atoms with E-state index in [0.717, 1.165) is 55.4 Å². The van der Waals surface area contributed by atoms with E-state index in [2.05, 4.69) is 32.5 Å². The molecule has 23 heavy (non-hydrogen) atoms. The minimum absolute atomic E-state index is 0. The first kappa shape index (κ1) is 20.6. The second-order valence-corrected chi connectivity index (χ2v) is 7.23. The van der Waals surface area contributed by atoms with E-state index in [4.69, 9.17) is 0 Å². The molecule has 0 aliphatic heterocycles. The minimum Gasteiger partial charge on any atom is -0.388 e. The highest BCUT2D eigenvalue weighted by Gasteiger charge is 2.29. The van der Waals surface area contributed by atoms with Crippen LogP contribution in [0.5, 0.6) is 0 Å². The molecule has 2 rings (SSSR count). The lowest BCUT2D eigenvalue weighted by Gasteiger charge is -2.31. The van der Waals surface area contributed by atoms with Gasteiger partial charge < -0.3 is 15.3 Å². The van der Waals surface area contributed by atoms with Gasteiger partial charge in [-0.3, -0.25) is 4.99 Å². The molecule has 1 heterocycles. The topological polar surface area (TPSA) is 60.8 Å². The predicted molar refractivity (Wildman–Crippen MR) is 108 cm³/mol. The van der Waals surface area contributed by atoms with Gasteiger partial charge in [-0.25, -0.2) is 4.98 Å². The number of nitrogens with one attached hydrogen (secondary N) is 1. The molecule has 7 heteroatoms. The minimum atomic E-state index is -0.614. The zero-order valence-electron chi connectivity index (χ0n) is 14.3. The lowest BCUT2D eigenvalue weighted by atomic mass is 9.85. The SMILES string of the molecule is CCNC(=NCC1(O)CCCCC1)N(C)Cc1csc(C)n1.I. The number of aliphatic imine (C=N–C) groups is 1. The number of aromatic nitrogens is 1. The number of guanidine groups is 1. The summed E-state index contributed by atoms with van der Waals surface area (Å²) in [5.74, 6) is 0.840. The van der Waals surface area contributed by atoms with Crippen molar-refractivity contribution < 1.29 is 5.11 Å². The normalized spacial score (nSPS) is 17.5. The van der Waals surface area contributed by atoms with Gasteiger partial charge in [0.15, 0.2) is 5.96 Å². The molecular formula is C16H29IN4OS. The van der Waals surface area contributed by atoms with Gasteiger partial charge in [0.05, 0.1) is 29.4 Å². The van der Waals surface area contributed by atoms with Crippen molar-refractivity contribution >= 4 is 41.3 Å². The number of halogens is 1. The van der Waals surface area contributed by atoms with Crippen molar-refractivity contribution in [1.82, 2.24) is 15.2 Å². The summed E-state index contributed by atoms with van der Waals surface area (Å²) in [6, 6.07) is 0. The first-order valence-corrected chi connectivity index (χ1v) is 9.03. The number of thiazole rings is 1. The Morgan fingerprint density at radius 2 is 2.13 bits per heavy atom. The molecule has 5 nitrogen and oxygen atoms in total. The summed E-state index contributed by atoms with van der Waals surface area (Å²) in [7, 11) is 2.01. The second-order valence-electron chi connectivity index (χ2n) is 6.17. The molecule has 1 saturated carbocycles. The molecule has 1 fully saturated rings. The summed E-state index contributed by atoms with van der Waals surface area (Å²) in [5, 5.41) is 17.1. The van der Waals surface area contributed by atoms with Crippen LogP contribution in [0.3, 0.4) is 0 Å². The van der Waals surface area contributed by atoms with Crippen LogP contribution >= 0.6 is 35.3 Å². The largest absolute Gasteiger partial charge is 0.388 e. The molecule has 0 amide bonds. The van der Waals surface area contributed by atoms with Crippen molar-refractivity contribution in [3.63, 3.8) is 0 Å². The molecule has 2 N–H and O–H groups in total. The van der Waals surface area contributed by atoms with Crippen LogP contribution < -0.4 is 5.32 Å². The van der Waals surface area contributed by atoms with Gasteiger partial charge in [-0.15, -0.1) is 35.3 Å². The average molecular weight is 452 g/mol. The molecule has 1 aliphatic rings. The highest BCUT2D eigenvalue weighted by molar-refractivity contribution is 14.0. The molecule has 132 valence electrons. The van der Waals surface area contributed by atoms with E-state index < -0.39 is 5.60 Å². The van der Waals surface area contributed by atoms with Crippen LogP contribution in [0.15, 0.2) is 10.4 Å². The van der Waals surface area contributed by atoms with E-state index in [1.165, 1.54) is 6.42 Å². The Kier molecular flexibility index (Phi) is 8.78. The molecule has 1 aromatic heterocycles. The third kappa shape index (κ3) is 6.54. The van der Waals surface area contributed by atoms with Crippen LogP contribution in [0.1, 0.15) is 49.7 Å². The van der Waals surface area contributed by atoms with Crippen molar-refractivity contribution in [2.45, 2.75) is 58.1 Å². The Labute approximate surface area is 160 Å². The van der Waals surface area contributed by atoms with E-state index >= 15 is 0 Å².